The molecule has 0 spiro atoms. The van der Waals surface area contributed by atoms with E-state index in [2.05, 4.69) is 0 Å². The van der Waals surface area contributed by atoms with Crippen LogP contribution in [0, 0.1) is 5.92 Å². The number of hydrogen-bond donors (Lipinski definition) is 0. The highest BCUT2D eigenvalue weighted by atomic mass is 31.2. The highest BCUT2D eigenvalue weighted by molar-refractivity contribution is 7.54. The Morgan fingerprint density at radius 2 is 1.40 bits per heavy atom. The summed E-state index contributed by atoms with van der Waals surface area (Å²) in [6, 6.07) is 29.4. The molecule has 3 aromatic carbocycles. The summed E-state index contributed by atoms with van der Waals surface area (Å²) in [6.07, 6.45) is 1.52. The van der Waals surface area contributed by atoms with Crippen LogP contribution >= 0.6 is 7.67 Å². The summed E-state index contributed by atoms with van der Waals surface area (Å²) in [5.74, 6) is -2.09. The Balaban J connectivity index is 1.61. The van der Waals surface area contributed by atoms with Crippen LogP contribution in [0.15, 0.2) is 114 Å². The van der Waals surface area contributed by atoms with Gasteiger partial charge >= 0.3 is 19.6 Å². The van der Waals surface area contributed by atoms with Gasteiger partial charge in [0.1, 0.15) is 5.60 Å². The van der Waals surface area contributed by atoms with E-state index in [4.69, 9.17) is 23.5 Å². The zero-order chi connectivity index (χ0) is 35.9. The molecule has 3 atom stereocenters. The Morgan fingerprint density at radius 3 is 1.84 bits per heavy atom. The lowest BCUT2D eigenvalue weighted by molar-refractivity contribution is -0.173. The van der Waals surface area contributed by atoms with Gasteiger partial charge in [0.15, 0.2) is 11.9 Å². The molecule has 3 unspecified atom stereocenters. The molecule has 0 saturated carbocycles. The summed E-state index contributed by atoms with van der Waals surface area (Å²) in [6.45, 7) is 3.99. The van der Waals surface area contributed by atoms with E-state index in [0.717, 1.165) is 28.7 Å². The van der Waals surface area contributed by atoms with Crippen LogP contribution in [0.5, 0.6) is 0 Å². The molecule has 1 aliphatic carbocycles. The maximum absolute atomic E-state index is 14.0. The van der Waals surface area contributed by atoms with E-state index in [1.165, 1.54) is 9.34 Å². The Kier molecular flexibility index (Phi) is 12.0. The molecule has 0 aromatic heterocycles. The van der Waals surface area contributed by atoms with Crippen LogP contribution in [0.25, 0.3) is 0 Å². The van der Waals surface area contributed by atoms with E-state index < -0.39 is 43.3 Å². The fourth-order valence-corrected chi connectivity index (χ4v) is 7.54. The van der Waals surface area contributed by atoms with Crippen molar-refractivity contribution in [2.45, 2.75) is 50.9 Å². The number of carbonyl (C=O) groups is 2. The monoisotopic (exact) mass is 702 g/mol. The number of rotatable bonds is 17. The summed E-state index contributed by atoms with van der Waals surface area (Å²) in [5.41, 5.74) is 2.48. The minimum absolute atomic E-state index is 0.0128. The molecule has 11 heteroatoms. The number of allylic oxidation sites excluding steroid dienone is 1. The average Bonchev–Trinajstić information content (AvgIpc) is 3.41. The molecular weight excluding hydrogens is 655 g/mol. The number of carbonyl (C=O) groups excluding carboxylic acids is 2. The minimum Gasteiger partial charge on any atom is -0.490 e. The van der Waals surface area contributed by atoms with Gasteiger partial charge in [-0.3, -0.25) is 4.79 Å². The van der Waals surface area contributed by atoms with Gasteiger partial charge in [-0.25, -0.2) is 18.7 Å². The molecule has 0 saturated heterocycles. The predicted octanol–water partition coefficient (Wildman–Crippen LogP) is 7.07. The molecule has 0 bridgehead atoms. The fraction of sp³-hybridized carbons (Fsp3) is 0.385. The number of esters is 2. The lowest BCUT2D eigenvalue weighted by Gasteiger charge is -2.38. The van der Waals surface area contributed by atoms with Crippen molar-refractivity contribution in [2.24, 2.45) is 5.92 Å². The molecule has 266 valence electrons. The van der Waals surface area contributed by atoms with Crippen molar-refractivity contribution < 1.29 is 37.6 Å². The van der Waals surface area contributed by atoms with E-state index in [0.29, 0.717) is 12.8 Å². The number of unbranched alkanes of at least 4 members (excludes halogenated alkanes) is 1. The number of cyclic esters (lactones) is 1. The van der Waals surface area contributed by atoms with Crippen LogP contribution in [0.2, 0.25) is 0 Å². The second-order valence-corrected chi connectivity index (χ2v) is 15.7. The van der Waals surface area contributed by atoms with Crippen molar-refractivity contribution >= 4 is 19.6 Å². The average molecular weight is 703 g/mol. The van der Waals surface area contributed by atoms with Gasteiger partial charge in [0.2, 0.25) is 6.10 Å². The largest absolute Gasteiger partial charge is 0.490 e. The van der Waals surface area contributed by atoms with Crippen LogP contribution in [0.3, 0.4) is 0 Å². The van der Waals surface area contributed by atoms with Gasteiger partial charge in [0, 0.05) is 0 Å². The van der Waals surface area contributed by atoms with Crippen molar-refractivity contribution in [1.82, 2.24) is 9.34 Å². The first-order valence-electron chi connectivity index (χ1n) is 16.9. The molecule has 0 fully saturated rings. The SMILES string of the molecule is CCCCOC1=C(OP(=O)(N(C)C)N(C)C)C(=O)OC1C(COC(c1ccccc1)(c1ccccc1)c1ccccc1)OC(=O)C1C=C(C)C1. The Hall–Kier alpha value is -4.21. The molecule has 10 nitrogen and oxygen atoms in total. The number of nitrogens with zero attached hydrogens (tertiary/aromatic N) is 2. The summed E-state index contributed by atoms with van der Waals surface area (Å²) < 4.78 is 48.2. The molecule has 2 aliphatic rings. The first-order valence-corrected chi connectivity index (χ1v) is 18.5. The normalized spacial score (nSPS) is 18.4. The zero-order valence-corrected chi connectivity index (χ0v) is 30.5. The third-order valence-corrected chi connectivity index (χ3v) is 11.3. The highest BCUT2D eigenvalue weighted by Gasteiger charge is 2.49. The molecule has 1 aliphatic heterocycles. The second kappa shape index (κ2) is 16.2. The highest BCUT2D eigenvalue weighted by Crippen LogP contribution is 2.54. The van der Waals surface area contributed by atoms with Crippen molar-refractivity contribution in [3.05, 3.63) is 131 Å². The molecule has 0 N–H and O–H groups in total. The van der Waals surface area contributed by atoms with Gasteiger partial charge in [-0.2, -0.15) is 0 Å². The zero-order valence-electron chi connectivity index (χ0n) is 29.6. The van der Waals surface area contributed by atoms with Gasteiger partial charge in [0.25, 0.3) is 5.76 Å². The second-order valence-electron chi connectivity index (χ2n) is 12.9. The third kappa shape index (κ3) is 7.74. The molecular formula is C39H47N2O8P. The summed E-state index contributed by atoms with van der Waals surface area (Å²) in [5, 5.41) is 0. The van der Waals surface area contributed by atoms with Gasteiger partial charge in [0.05, 0.1) is 19.1 Å². The van der Waals surface area contributed by atoms with E-state index in [-0.39, 0.29) is 24.7 Å². The summed E-state index contributed by atoms with van der Waals surface area (Å²) >= 11 is 0. The van der Waals surface area contributed by atoms with Gasteiger partial charge in [-0.1, -0.05) is 116 Å². The molecule has 5 rings (SSSR count). The molecule has 50 heavy (non-hydrogen) atoms. The van der Waals surface area contributed by atoms with Crippen molar-refractivity contribution in [1.29, 1.82) is 0 Å². The lowest BCUT2D eigenvalue weighted by Crippen LogP contribution is -2.43. The van der Waals surface area contributed by atoms with E-state index in [1.807, 2.05) is 111 Å². The third-order valence-electron chi connectivity index (χ3n) is 8.82. The van der Waals surface area contributed by atoms with Crippen LogP contribution in [0.4, 0.5) is 0 Å². The van der Waals surface area contributed by atoms with Crippen molar-refractivity contribution in [3.8, 4) is 0 Å². The Bertz CT molecular complexity index is 1620. The predicted molar refractivity (Wildman–Crippen MR) is 191 cm³/mol. The molecule has 1 heterocycles. The molecule has 0 amide bonds. The minimum atomic E-state index is -3.71. The first kappa shape index (κ1) is 37.1. The topological polar surface area (TPSA) is 104 Å². The standard InChI is InChI=1S/C39H47N2O8P/c1-7-8-24-45-35-34(48-38(43)36(35)49-50(44,40(3)4)41(5)6)33(47-37(42)29-25-28(2)26-29)27-46-39(30-18-12-9-13-19-30,31-20-14-10-15-21-31)32-22-16-11-17-23-32/h9-23,25,29,33-34H,7-8,24,26-27H2,1-6H3. The quantitative estimate of drug-likeness (QED) is 0.0477. The number of hydrogen-bond acceptors (Lipinski definition) is 8. The molecule has 0 radical (unpaired) electrons. The number of ether oxygens (including phenoxy) is 4. The fourth-order valence-electron chi connectivity index (χ4n) is 6.10. The van der Waals surface area contributed by atoms with Crippen LogP contribution < -0.4 is 0 Å². The summed E-state index contributed by atoms with van der Waals surface area (Å²) in [4.78, 5) is 27.2. The maximum atomic E-state index is 14.0. The van der Waals surface area contributed by atoms with Gasteiger partial charge in [-0.05, 0) is 64.6 Å². The van der Waals surface area contributed by atoms with E-state index in [9.17, 15) is 14.2 Å². The van der Waals surface area contributed by atoms with Crippen molar-refractivity contribution in [3.63, 3.8) is 0 Å². The Morgan fingerprint density at radius 1 is 0.900 bits per heavy atom. The van der Waals surface area contributed by atoms with Crippen LogP contribution in [-0.4, -0.2) is 74.9 Å². The lowest BCUT2D eigenvalue weighted by atomic mass is 9.80. The number of benzene rings is 3. The van der Waals surface area contributed by atoms with E-state index in [1.54, 1.807) is 28.2 Å². The van der Waals surface area contributed by atoms with Gasteiger partial charge in [-0.15, -0.1) is 0 Å². The van der Waals surface area contributed by atoms with Gasteiger partial charge < -0.3 is 23.5 Å². The summed E-state index contributed by atoms with van der Waals surface area (Å²) in [7, 11) is 2.68. The Labute approximate surface area is 295 Å². The van der Waals surface area contributed by atoms with E-state index >= 15 is 0 Å². The first-order chi connectivity index (χ1) is 24.0. The smallest absolute Gasteiger partial charge is 0.395 e. The van der Waals surface area contributed by atoms with Crippen LogP contribution in [-0.2, 0) is 43.2 Å². The molecule has 3 aromatic rings. The van der Waals surface area contributed by atoms with Crippen molar-refractivity contribution in [2.75, 3.05) is 41.4 Å². The van der Waals surface area contributed by atoms with Crippen LogP contribution in [0.1, 0.15) is 49.8 Å². The maximum Gasteiger partial charge on any atom is 0.395 e.